The number of allylic oxidation sites excluding steroid dienone is 7. The van der Waals surface area contributed by atoms with Crippen LogP contribution in [0.25, 0.3) is 5.57 Å². The lowest BCUT2D eigenvalue weighted by molar-refractivity contribution is -0.142. The van der Waals surface area contributed by atoms with Crippen LogP contribution in [0.4, 0.5) is 0 Å². The predicted octanol–water partition coefficient (Wildman–Crippen LogP) is 6.41. The van der Waals surface area contributed by atoms with Crippen molar-refractivity contribution in [1.82, 2.24) is 0 Å². The molecule has 0 aliphatic heterocycles. The van der Waals surface area contributed by atoms with Gasteiger partial charge in [0.2, 0.25) is 0 Å². The molecule has 1 aromatic carbocycles. The summed E-state index contributed by atoms with van der Waals surface area (Å²) in [5.74, 6) is 1.19. The molecule has 0 saturated heterocycles. The predicted molar refractivity (Wildman–Crippen MR) is 129 cm³/mol. The van der Waals surface area contributed by atoms with Crippen molar-refractivity contribution in [2.75, 3.05) is 6.61 Å². The number of hydrogen-bond donors (Lipinski definition) is 0. The van der Waals surface area contributed by atoms with Gasteiger partial charge in [-0.15, -0.1) is 0 Å². The highest BCUT2D eigenvalue weighted by Crippen LogP contribution is 2.39. The molecular weight excluding hydrogens is 412 g/mol. The van der Waals surface area contributed by atoms with E-state index in [9.17, 15) is 9.59 Å². The van der Waals surface area contributed by atoms with Crippen molar-refractivity contribution in [1.29, 1.82) is 0 Å². The fourth-order valence-electron chi connectivity index (χ4n) is 4.58. The Labute approximate surface area is 195 Å². The third kappa shape index (κ3) is 6.10. The number of carbonyl (C=O) groups is 2. The standard InChI is InChI=1S/C29H30O4/c1-2-32-29(31)19-22-11-10-21(17-22)18-25(30)14-12-24-13-15-27(23-7-4-3-5-8-23)28(24)20-26-9-6-16-33-26/h3-9,11,13,15-17,28H,2,10,12,14,18-20H2,1H3. The molecule has 33 heavy (non-hydrogen) atoms. The van der Waals surface area contributed by atoms with Crippen LogP contribution in [0.2, 0.25) is 0 Å². The van der Waals surface area contributed by atoms with Crippen molar-refractivity contribution >= 4 is 17.3 Å². The molecule has 0 spiro atoms. The number of ether oxygens (including phenoxy) is 1. The molecule has 1 atom stereocenters. The Kier molecular flexibility index (Phi) is 7.56. The molecule has 0 saturated carbocycles. The quantitative estimate of drug-likeness (QED) is 0.377. The van der Waals surface area contributed by atoms with Gasteiger partial charge in [-0.2, -0.15) is 0 Å². The summed E-state index contributed by atoms with van der Waals surface area (Å²) >= 11 is 0. The van der Waals surface area contributed by atoms with Gasteiger partial charge in [0, 0.05) is 25.2 Å². The van der Waals surface area contributed by atoms with E-state index in [0.29, 0.717) is 19.4 Å². The van der Waals surface area contributed by atoms with E-state index in [2.05, 4.69) is 36.4 Å². The van der Waals surface area contributed by atoms with E-state index < -0.39 is 0 Å². The van der Waals surface area contributed by atoms with Crippen LogP contribution in [0.1, 0.15) is 50.4 Å². The molecule has 0 radical (unpaired) electrons. The van der Waals surface area contributed by atoms with Crippen molar-refractivity contribution in [3.63, 3.8) is 0 Å². The van der Waals surface area contributed by atoms with Crippen LogP contribution in [-0.2, 0) is 20.7 Å². The number of furan rings is 1. The molecule has 0 bridgehead atoms. The van der Waals surface area contributed by atoms with E-state index in [1.54, 1.807) is 13.2 Å². The Balaban J connectivity index is 1.33. The van der Waals surface area contributed by atoms with E-state index >= 15 is 0 Å². The van der Waals surface area contributed by atoms with Crippen molar-refractivity contribution in [3.05, 3.63) is 101 Å². The fourth-order valence-corrected chi connectivity index (χ4v) is 4.58. The summed E-state index contributed by atoms with van der Waals surface area (Å²) in [6, 6.07) is 14.3. The molecule has 0 amide bonds. The second kappa shape index (κ2) is 11.0. The molecule has 1 heterocycles. The fraction of sp³-hybridized carbons (Fsp3) is 0.310. The van der Waals surface area contributed by atoms with E-state index in [1.165, 1.54) is 16.7 Å². The largest absolute Gasteiger partial charge is 0.469 e. The molecular formula is C29H30O4. The number of rotatable bonds is 11. The molecule has 4 heteroatoms. The van der Waals surface area contributed by atoms with Crippen LogP contribution in [0, 0.1) is 5.92 Å². The van der Waals surface area contributed by atoms with Gasteiger partial charge in [-0.25, -0.2) is 0 Å². The maximum absolute atomic E-state index is 12.7. The summed E-state index contributed by atoms with van der Waals surface area (Å²) in [5, 5.41) is 0. The molecule has 0 fully saturated rings. The smallest absolute Gasteiger partial charge is 0.310 e. The minimum Gasteiger partial charge on any atom is -0.469 e. The molecule has 0 N–H and O–H groups in total. The lowest BCUT2D eigenvalue weighted by Gasteiger charge is -2.19. The van der Waals surface area contributed by atoms with Gasteiger partial charge in [-0.1, -0.05) is 65.8 Å². The van der Waals surface area contributed by atoms with Crippen LogP contribution < -0.4 is 0 Å². The van der Waals surface area contributed by atoms with Gasteiger partial charge in [0.25, 0.3) is 0 Å². The number of carbonyl (C=O) groups excluding carboxylic acids is 2. The van der Waals surface area contributed by atoms with Gasteiger partial charge < -0.3 is 9.15 Å². The molecule has 2 aromatic rings. The van der Waals surface area contributed by atoms with Gasteiger partial charge in [0.15, 0.2) is 0 Å². The van der Waals surface area contributed by atoms with Crippen LogP contribution in [0.3, 0.4) is 0 Å². The highest BCUT2D eigenvalue weighted by Gasteiger charge is 2.26. The van der Waals surface area contributed by atoms with Crippen LogP contribution in [0.15, 0.2) is 94.2 Å². The Morgan fingerprint density at radius 3 is 2.67 bits per heavy atom. The summed E-state index contributed by atoms with van der Waals surface area (Å²) in [6.07, 6.45) is 13.6. The Bertz CT molecular complexity index is 1100. The average Bonchev–Trinajstić information content (AvgIpc) is 3.56. The minimum atomic E-state index is -0.218. The normalized spacial score (nSPS) is 17.3. The SMILES string of the molecule is CCOC(=O)CC1=CCC(CC(=O)CCC2=CC=C(c3ccccc3)C2Cc2ccco2)=C1. The summed E-state index contributed by atoms with van der Waals surface area (Å²) < 4.78 is 10.6. The van der Waals surface area contributed by atoms with Gasteiger partial charge >= 0.3 is 5.97 Å². The second-order valence-electron chi connectivity index (χ2n) is 8.55. The van der Waals surface area contributed by atoms with Crippen LogP contribution in [0.5, 0.6) is 0 Å². The molecule has 1 aromatic heterocycles. The first-order valence-corrected chi connectivity index (χ1v) is 11.7. The summed E-state index contributed by atoms with van der Waals surface area (Å²) in [6.45, 7) is 2.19. The molecule has 4 rings (SSSR count). The van der Waals surface area contributed by atoms with Crippen molar-refractivity contribution in [3.8, 4) is 0 Å². The lowest BCUT2D eigenvalue weighted by Crippen LogP contribution is -2.09. The monoisotopic (exact) mass is 442 g/mol. The molecule has 2 aliphatic rings. The van der Waals surface area contributed by atoms with Gasteiger partial charge in [-0.3, -0.25) is 9.59 Å². The summed E-state index contributed by atoms with van der Waals surface area (Å²) in [5.41, 5.74) is 5.80. The topological polar surface area (TPSA) is 56.5 Å². The highest BCUT2D eigenvalue weighted by atomic mass is 16.5. The first-order valence-electron chi connectivity index (χ1n) is 11.7. The van der Waals surface area contributed by atoms with Gasteiger partial charge in [0.05, 0.1) is 19.3 Å². The lowest BCUT2D eigenvalue weighted by atomic mass is 9.85. The van der Waals surface area contributed by atoms with Gasteiger partial charge in [-0.05, 0) is 48.6 Å². The van der Waals surface area contributed by atoms with Crippen LogP contribution in [-0.4, -0.2) is 18.4 Å². The number of benzene rings is 1. The van der Waals surface area contributed by atoms with E-state index in [0.717, 1.165) is 36.2 Å². The van der Waals surface area contributed by atoms with E-state index in [-0.39, 0.29) is 24.1 Å². The summed E-state index contributed by atoms with van der Waals surface area (Å²) in [7, 11) is 0. The van der Waals surface area contributed by atoms with Crippen molar-refractivity contribution in [2.45, 2.75) is 45.4 Å². The number of ketones is 1. The zero-order valence-corrected chi connectivity index (χ0v) is 19.1. The highest BCUT2D eigenvalue weighted by molar-refractivity contribution is 5.82. The second-order valence-corrected chi connectivity index (χ2v) is 8.55. The average molecular weight is 443 g/mol. The Hall–Kier alpha value is -3.40. The van der Waals surface area contributed by atoms with Crippen LogP contribution >= 0.6 is 0 Å². The third-order valence-corrected chi connectivity index (χ3v) is 6.18. The third-order valence-electron chi connectivity index (χ3n) is 6.18. The zero-order chi connectivity index (χ0) is 23.0. The zero-order valence-electron chi connectivity index (χ0n) is 19.1. The van der Waals surface area contributed by atoms with Gasteiger partial charge in [0.1, 0.15) is 11.5 Å². The maximum atomic E-state index is 12.7. The number of hydrogen-bond acceptors (Lipinski definition) is 4. The number of Topliss-reactive ketones (excluding diaryl/α,β-unsaturated/α-hetero) is 1. The van der Waals surface area contributed by atoms with E-state index in [1.807, 2.05) is 30.4 Å². The Morgan fingerprint density at radius 2 is 1.91 bits per heavy atom. The summed E-state index contributed by atoms with van der Waals surface area (Å²) in [4.78, 5) is 24.4. The van der Waals surface area contributed by atoms with E-state index in [4.69, 9.17) is 9.15 Å². The molecule has 4 nitrogen and oxygen atoms in total. The first-order chi connectivity index (χ1) is 16.1. The molecule has 2 aliphatic carbocycles. The minimum absolute atomic E-state index is 0.217. The number of esters is 1. The first kappa shape index (κ1) is 22.8. The van der Waals surface area contributed by atoms with Crippen molar-refractivity contribution < 1.29 is 18.7 Å². The van der Waals surface area contributed by atoms with Crippen molar-refractivity contribution in [2.24, 2.45) is 5.92 Å². The Morgan fingerprint density at radius 1 is 1.06 bits per heavy atom. The molecule has 170 valence electrons. The maximum Gasteiger partial charge on any atom is 0.310 e. The molecule has 1 unspecified atom stereocenters.